The molecule has 1 saturated heterocycles. The molecule has 1 N–H and O–H groups in total. The van der Waals surface area contributed by atoms with Gasteiger partial charge in [-0.3, -0.25) is 4.79 Å². The first kappa shape index (κ1) is 13.4. The maximum absolute atomic E-state index is 12.7. The number of benzene rings is 1. The zero-order chi connectivity index (χ0) is 14.1. The van der Waals surface area contributed by atoms with E-state index >= 15 is 0 Å². The van der Waals surface area contributed by atoms with E-state index in [0.29, 0.717) is 6.04 Å². The van der Waals surface area contributed by atoms with Gasteiger partial charge in [-0.2, -0.15) is 0 Å². The van der Waals surface area contributed by atoms with Crippen molar-refractivity contribution in [1.29, 1.82) is 0 Å². The molecule has 0 radical (unpaired) electrons. The topological polar surface area (TPSA) is 41.6 Å². The minimum atomic E-state index is -0.368. The third-order valence-corrected chi connectivity index (χ3v) is 4.57. The van der Waals surface area contributed by atoms with Crippen LogP contribution in [0.5, 0.6) is 5.75 Å². The molecule has 0 aliphatic carbocycles. The minimum Gasteiger partial charge on any atom is -0.480 e. The Bertz CT molecular complexity index is 497. The van der Waals surface area contributed by atoms with Gasteiger partial charge in [-0.05, 0) is 32.0 Å². The highest BCUT2D eigenvalue weighted by molar-refractivity contribution is 5.83. The zero-order valence-corrected chi connectivity index (χ0v) is 12.1. The number of carbonyl (C=O) groups is 1. The molecule has 4 heteroatoms. The van der Waals surface area contributed by atoms with E-state index in [-0.39, 0.29) is 17.9 Å². The van der Waals surface area contributed by atoms with Crippen molar-refractivity contribution in [3.8, 4) is 5.75 Å². The van der Waals surface area contributed by atoms with Crippen LogP contribution in [0, 0.1) is 0 Å². The van der Waals surface area contributed by atoms with E-state index in [1.165, 1.54) is 0 Å². The molecule has 1 aromatic rings. The van der Waals surface area contributed by atoms with Gasteiger partial charge in [0.25, 0.3) is 5.91 Å². The number of nitrogens with one attached hydrogen (secondary N) is 1. The highest BCUT2D eigenvalue weighted by Crippen LogP contribution is 2.38. The number of rotatable bonds is 2. The Kier molecular flexibility index (Phi) is 3.66. The first-order valence-corrected chi connectivity index (χ1v) is 7.41. The molecule has 0 saturated carbocycles. The molecular formula is C16H22N2O2. The summed E-state index contributed by atoms with van der Waals surface area (Å²) in [6.07, 6.45) is 1.68. The Labute approximate surface area is 120 Å². The van der Waals surface area contributed by atoms with Gasteiger partial charge in [0.2, 0.25) is 0 Å². The number of amides is 1. The van der Waals surface area contributed by atoms with Crippen molar-refractivity contribution >= 4 is 5.91 Å². The third kappa shape index (κ3) is 2.29. The van der Waals surface area contributed by atoms with Gasteiger partial charge in [0.15, 0.2) is 6.10 Å². The minimum absolute atomic E-state index is 0.112. The Morgan fingerprint density at radius 1 is 1.30 bits per heavy atom. The van der Waals surface area contributed by atoms with Crippen LogP contribution < -0.4 is 10.1 Å². The van der Waals surface area contributed by atoms with Gasteiger partial charge in [0.1, 0.15) is 5.75 Å². The SMILES string of the molecule is CC1c2ccccc2OC1C(=O)N(C)C1CCNCC1. The molecule has 108 valence electrons. The number of fused-ring (bicyclic) bond motifs is 1. The fraction of sp³-hybridized carbons (Fsp3) is 0.562. The molecule has 20 heavy (non-hydrogen) atoms. The summed E-state index contributed by atoms with van der Waals surface area (Å²) in [7, 11) is 1.91. The summed E-state index contributed by atoms with van der Waals surface area (Å²) >= 11 is 0. The molecule has 1 amide bonds. The Hall–Kier alpha value is -1.55. The van der Waals surface area contributed by atoms with Gasteiger partial charge < -0.3 is 15.0 Å². The van der Waals surface area contributed by atoms with E-state index in [9.17, 15) is 4.79 Å². The van der Waals surface area contributed by atoms with Crippen molar-refractivity contribution in [2.75, 3.05) is 20.1 Å². The van der Waals surface area contributed by atoms with Crippen molar-refractivity contribution < 1.29 is 9.53 Å². The average molecular weight is 274 g/mol. The molecule has 2 heterocycles. The van der Waals surface area contributed by atoms with Crippen molar-refractivity contribution in [2.24, 2.45) is 0 Å². The zero-order valence-electron chi connectivity index (χ0n) is 12.1. The Morgan fingerprint density at radius 2 is 2.00 bits per heavy atom. The van der Waals surface area contributed by atoms with E-state index in [1.54, 1.807) is 0 Å². The number of hydrogen-bond donors (Lipinski definition) is 1. The molecule has 3 rings (SSSR count). The summed E-state index contributed by atoms with van der Waals surface area (Å²) in [4.78, 5) is 14.6. The lowest BCUT2D eigenvalue weighted by Gasteiger charge is -2.33. The molecule has 0 aromatic heterocycles. The maximum Gasteiger partial charge on any atom is 0.264 e. The summed E-state index contributed by atoms with van der Waals surface area (Å²) in [5.74, 6) is 1.10. The lowest BCUT2D eigenvalue weighted by molar-refractivity contribution is -0.139. The van der Waals surface area contributed by atoms with Gasteiger partial charge in [-0.25, -0.2) is 0 Å². The van der Waals surface area contributed by atoms with Crippen LogP contribution in [0.25, 0.3) is 0 Å². The molecule has 2 unspecified atom stereocenters. The van der Waals surface area contributed by atoms with E-state index in [1.807, 2.05) is 30.1 Å². The molecule has 1 fully saturated rings. The van der Waals surface area contributed by atoms with Gasteiger partial charge in [0.05, 0.1) is 0 Å². The number of hydrogen-bond acceptors (Lipinski definition) is 3. The van der Waals surface area contributed by atoms with E-state index in [0.717, 1.165) is 37.2 Å². The fourth-order valence-corrected chi connectivity index (χ4v) is 3.20. The molecular weight excluding hydrogens is 252 g/mol. The maximum atomic E-state index is 12.7. The predicted molar refractivity (Wildman–Crippen MR) is 77.9 cm³/mol. The second-order valence-electron chi connectivity index (χ2n) is 5.80. The van der Waals surface area contributed by atoms with Crippen molar-refractivity contribution in [1.82, 2.24) is 10.2 Å². The van der Waals surface area contributed by atoms with Crippen LogP contribution >= 0.6 is 0 Å². The molecule has 1 aromatic carbocycles. The second-order valence-corrected chi connectivity index (χ2v) is 5.80. The van der Waals surface area contributed by atoms with Crippen LogP contribution in [-0.4, -0.2) is 43.1 Å². The number of para-hydroxylation sites is 1. The van der Waals surface area contributed by atoms with Crippen molar-refractivity contribution in [3.05, 3.63) is 29.8 Å². The number of ether oxygens (including phenoxy) is 1. The first-order chi connectivity index (χ1) is 9.68. The quantitative estimate of drug-likeness (QED) is 0.893. The van der Waals surface area contributed by atoms with Gasteiger partial charge >= 0.3 is 0 Å². The predicted octanol–water partition coefficient (Wildman–Crippen LogP) is 1.76. The fourth-order valence-electron chi connectivity index (χ4n) is 3.20. The number of likely N-dealkylation sites (N-methyl/N-ethyl adjacent to an activating group) is 1. The van der Waals surface area contributed by atoms with E-state index in [2.05, 4.69) is 18.3 Å². The molecule has 2 atom stereocenters. The number of nitrogens with zero attached hydrogens (tertiary/aromatic N) is 1. The van der Waals surface area contributed by atoms with E-state index in [4.69, 9.17) is 4.74 Å². The van der Waals surface area contributed by atoms with Crippen LogP contribution in [0.15, 0.2) is 24.3 Å². The molecule has 0 bridgehead atoms. The lowest BCUT2D eigenvalue weighted by Crippen LogP contribution is -2.49. The normalized spacial score (nSPS) is 25.9. The Balaban J connectivity index is 1.72. The summed E-state index contributed by atoms with van der Waals surface area (Å²) in [5.41, 5.74) is 1.14. The highest BCUT2D eigenvalue weighted by atomic mass is 16.5. The number of carbonyl (C=O) groups excluding carboxylic acids is 1. The van der Waals surface area contributed by atoms with Crippen LogP contribution in [0.3, 0.4) is 0 Å². The van der Waals surface area contributed by atoms with Gasteiger partial charge in [-0.15, -0.1) is 0 Å². The molecule has 4 nitrogen and oxygen atoms in total. The third-order valence-electron chi connectivity index (χ3n) is 4.57. The molecule has 2 aliphatic rings. The highest BCUT2D eigenvalue weighted by Gasteiger charge is 2.39. The van der Waals surface area contributed by atoms with Crippen LogP contribution in [-0.2, 0) is 4.79 Å². The average Bonchev–Trinajstić information content (AvgIpc) is 2.84. The molecule has 0 spiro atoms. The lowest BCUT2D eigenvalue weighted by atomic mass is 9.96. The van der Waals surface area contributed by atoms with Gasteiger partial charge in [0, 0.05) is 24.6 Å². The van der Waals surface area contributed by atoms with Crippen LogP contribution in [0.4, 0.5) is 0 Å². The summed E-state index contributed by atoms with van der Waals surface area (Å²) in [6.45, 7) is 4.05. The largest absolute Gasteiger partial charge is 0.480 e. The van der Waals surface area contributed by atoms with Crippen LogP contribution in [0.1, 0.15) is 31.2 Å². The summed E-state index contributed by atoms with van der Waals surface area (Å²) in [5, 5.41) is 3.33. The van der Waals surface area contributed by atoms with E-state index < -0.39 is 0 Å². The van der Waals surface area contributed by atoms with Crippen molar-refractivity contribution in [3.63, 3.8) is 0 Å². The second kappa shape index (κ2) is 5.44. The first-order valence-electron chi connectivity index (χ1n) is 7.41. The smallest absolute Gasteiger partial charge is 0.264 e. The van der Waals surface area contributed by atoms with Crippen LogP contribution in [0.2, 0.25) is 0 Å². The molecule has 2 aliphatic heterocycles. The number of piperidine rings is 1. The summed E-state index contributed by atoms with van der Waals surface area (Å²) < 4.78 is 5.89. The summed E-state index contributed by atoms with van der Waals surface area (Å²) in [6, 6.07) is 8.29. The standard InChI is InChI=1S/C16H22N2O2/c1-11-13-5-3-4-6-14(13)20-15(11)16(19)18(2)12-7-9-17-10-8-12/h3-6,11-12,15,17H,7-10H2,1-2H3. The monoisotopic (exact) mass is 274 g/mol. The van der Waals surface area contributed by atoms with Gasteiger partial charge in [-0.1, -0.05) is 25.1 Å². The Morgan fingerprint density at radius 3 is 2.70 bits per heavy atom. The van der Waals surface area contributed by atoms with Crippen molar-refractivity contribution in [2.45, 2.75) is 37.8 Å².